The van der Waals surface area contributed by atoms with E-state index in [2.05, 4.69) is 0 Å². The van der Waals surface area contributed by atoms with Crippen molar-refractivity contribution in [3.63, 3.8) is 0 Å². The van der Waals surface area contributed by atoms with Gasteiger partial charge in [-0.25, -0.2) is 13.2 Å². The number of aromatic carboxylic acids is 1. The molecule has 0 fully saturated rings. The summed E-state index contributed by atoms with van der Waals surface area (Å²) in [7, 11) is -1.28. The smallest absolute Gasteiger partial charge is 0.335 e. The van der Waals surface area contributed by atoms with Crippen molar-refractivity contribution in [2.75, 3.05) is 30.5 Å². The van der Waals surface area contributed by atoms with Gasteiger partial charge in [-0.05, 0) is 18.2 Å². The van der Waals surface area contributed by atoms with E-state index >= 15 is 0 Å². The van der Waals surface area contributed by atoms with Gasteiger partial charge in [-0.2, -0.15) is 0 Å². The van der Waals surface area contributed by atoms with Crippen molar-refractivity contribution >= 4 is 21.5 Å². The predicted molar refractivity (Wildman–Crippen MR) is 66.4 cm³/mol. The van der Waals surface area contributed by atoms with Gasteiger partial charge in [0, 0.05) is 25.5 Å². The molecule has 17 heavy (non-hydrogen) atoms. The molecule has 0 saturated heterocycles. The molecule has 5 nitrogen and oxygen atoms in total. The van der Waals surface area contributed by atoms with Crippen molar-refractivity contribution in [2.24, 2.45) is 0 Å². The number of anilines is 1. The molecular weight excluding hydrogens is 242 g/mol. The van der Waals surface area contributed by atoms with Gasteiger partial charge in [-0.1, -0.05) is 6.07 Å². The Balaban J connectivity index is 2.79. The van der Waals surface area contributed by atoms with Crippen LogP contribution in [0.1, 0.15) is 10.4 Å². The second-order valence-electron chi connectivity index (χ2n) is 3.91. The maximum Gasteiger partial charge on any atom is 0.335 e. The lowest BCUT2D eigenvalue weighted by atomic mass is 10.2. The summed E-state index contributed by atoms with van der Waals surface area (Å²) in [5, 5.41) is 8.84. The Morgan fingerprint density at radius 2 is 2.06 bits per heavy atom. The quantitative estimate of drug-likeness (QED) is 0.847. The first kappa shape index (κ1) is 13.5. The van der Waals surface area contributed by atoms with Gasteiger partial charge < -0.3 is 10.0 Å². The molecule has 0 atom stereocenters. The predicted octanol–water partition coefficient (Wildman–Crippen LogP) is 0.866. The SMILES string of the molecule is CN(CCS(C)(=O)=O)c1cccc(C(=O)O)c1. The fraction of sp³-hybridized carbons (Fsp3) is 0.364. The average molecular weight is 257 g/mol. The number of carboxylic acids is 1. The standard InChI is InChI=1S/C11H15NO4S/c1-12(6-7-17(2,15)16)10-5-3-4-9(8-10)11(13)14/h3-5,8H,6-7H2,1-2H3,(H,13,14). The third-order valence-corrected chi connectivity index (χ3v) is 3.26. The molecule has 0 aliphatic rings. The van der Waals surface area contributed by atoms with Crippen LogP contribution in [0.4, 0.5) is 5.69 Å². The number of sulfone groups is 1. The Labute approximate surface area is 101 Å². The molecular formula is C11H15NO4S. The molecule has 0 aliphatic carbocycles. The molecule has 0 heterocycles. The number of benzene rings is 1. The highest BCUT2D eigenvalue weighted by Crippen LogP contribution is 2.14. The first-order chi connectivity index (χ1) is 7.79. The van der Waals surface area contributed by atoms with E-state index in [1.165, 1.54) is 18.4 Å². The molecule has 1 rings (SSSR count). The summed E-state index contributed by atoms with van der Waals surface area (Å²) in [6.07, 6.45) is 1.18. The molecule has 0 bridgehead atoms. The summed E-state index contributed by atoms with van der Waals surface area (Å²) >= 11 is 0. The van der Waals surface area contributed by atoms with Crippen LogP contribution in [0.15, 0.2) is 24.3 Å². The van der Waals surface area contributed by atoms with Gasteiger partial charge in [0.25, 0.3) is 0 Å². The molecule has 0 unspecified atom stereocenters. The minimum atomic E-state index is -3.01. The van der Waals surface area contributed by atoms with Crippen molar-refractivity contribution in [2.45, 2.75) is 0 Å². The van der Waals surface area contributed by atoms with E-state index < -0.39 is 15.8 Å². The topological polar surface area (TPSA) is 74.7 Å². The van der Waals surface area contributed by atoms with Gasteiger partial charge in [0.15, 0.2) is 0 Å². The van der Waals surface area contributed by atoms with Crippen LogP contribution in [0.25, 0.3) is 0 Å². The van der Waals surface area contributed by atoms with Crippen LogP contribution >= 0.6 is 0 Å². The van der Waals surface area contributed by atoms with Crippen LogP contribution < -0.4 is 4.90 Å². The van der Waals surface area contributed by atoms with Crippen molar-refractivity contribution in [3.8, 4) is 0 Å². The monoisotopic (exact) mass is 257 g/mol. The minimum Gasteiger partial charge on any atom is -0.478 e. The van der Waals surface area contributed by atoms with Gasteiger partial charge in [0.1, 0.15) is 9.84 Å². The van der Waals surface area contributed by atoms with E-state index in [1.54, 1.807) is 24.1 Å². The van der Waals surface area contributed by atoms with E-state index in [0.717, 1.165) is 0 Å². The fourth-order valence-corrected chi connectivity index (χ4v) is 1.91. The minimum absolute atomic E-state index is 0.0425. The Hall–Kier alpha value is -1.56. The molecule has 0 saturated carbocycles. The van der Waals surface area contributed by atoms with Crippen molar-refractivity contribution in [3.05, 3.63) is 29.8 Å². The molecule has 94 valence electrons. The van der Waals surface area contributed by atoms with Crippen molar-refractivity contribution in [1.29, 1.82) is 0 Å². The van der Waals surface area contributed by atoms with Gasteiger partial charge in [-0.15, -0.1) is 0 Å². The summed E-state index contributed by atoms with van der Waals surface area (Å²) < 4.78 is 22.0. The Morgan fingerprint density at radius 1 is 1.41 bits per heavy atom. The van der Waals surface area contributed by atoms with Gasteiger partial charge in [-0.3, -0.25) is 0 Å². The highest BCUT2D eigenvalue weighted by molar-refractivity contribution is 7.90. The van der Waals surface area contributed by atoms with E-state index in [1.807, 2.05) is 0 Å². The number of hydrogen-bond donors (Lipinski definition) is 1. The summed E-state index contributed by atoms with van der Waals surface area (Å²) in [5.74, 6) is -0.954. The van der Waals surface area contributed by atoms with E-state index in [9.17, 15) is 13.2 Å². The Kier molecular flexibility index (Phi) is 4.11. The second kappa shape index (κ2) is 5.18. The summed E-state index contributed by atoms with van der Waals surface area (Å²) in [5.41, 5.74) is 0.877. The molecule has 0 spiro atoms. The lowest BCUT2D eigenvalue weighted by molar-refractivity contribution is 0.0697. The fourth-order valence-electron chi connectivity index (χ4n) is 1.31. The molecule has 6 heteroatoms. The molecule has 1 N–H and O–H groups in total. The summed E-state index contributed by atoms with van der Waals surface area (Å²) in [6, 6.07) is 6.39. The van der Waals surface area contributed by atoms with Crippen LogP contribution in [0, 0.1) is 0 Å². The largest absolute Gasteiger partial charge is 0.478 e. The van der Waals surface area contributed by atoms with Crippen LogP contribution in [0.5, 0.6) is 0 Å². The number of carbonyl (C=O) groups is 1. The van der Waals surface area contributed by atoms with Crippen LogP contribution in [0.3, 0.4) is 0 Å². The van der Waals surface area contributed by atoms with E-state index in [4.69, 9.17) is 5.11 Å². The molecule has 0 amide bonds. The van der Waals surface area contributed by atoms with E-state index in [0.29, 0.717) is 12.2 Å². The van der Waals surface area contributed by atoms with Crippen LogP contribution in [-0.2, 0) is 9.84 Å². The summed E-state index contributed by atoms with van der Waals surface area (Å²) in [4.78, 5) is 12.5. The molecule has 1 aromatic carbocycles. The molecule has 1 aromatic rings. The van der Waals surface area contributed by atoms with Crippen LogP contribution in [-0.4, -0.2) is 45.1 Å². The normalized spacial score (nSPS) is 11.2. The average Bonchev–Trinajstić information content (AvgIpc) is 2.25. The Morgan fingerprint density at radius 3 is 2.59 bits per heavy atom. The maximum atomic E-state index is 11.0. The first-order valence-electron chi connectivity index (χ1n) is 5.02. The van der Waals surface area contributed by atoms with Crippen molar-refractivity contribution in [1.82, 2.24) is 0 Å². The lowest BCUT2D eigenvalue weighted by Crippen LogP contribution is -2.25. The zero-order chi connectivity index (χ0) is 13.1. The Bertz CT molecular complexity index is 510. The number of rotatable bonds is 5. The third-order valence-electron chi connectivity index (χ3n) is 2.33. The number of hydrogen-bond acceptors (Lipinski definition) is 4. The number of nitrogens with zero attached hydrogens (tertiary/aromatic N) is 1. The van der Waals surface area contributed by atoms with Gasteiger partial charge in [0.05, 0.1) is 11.3 Å². The van der Waals surface area contributed by atoms with E-state index in [-0.39, 0.29) is 11.3 Å². The zero-order valence-electron chi connectivity index (χ0n) is 9.75. The number of carboxylic acid groups (broad SMARTS) is 1. The highest BCUT2D eigenvalue weighted by atomic mass is 32.2. The zero-order valence-corrected chi connectivity index (χ0v) is 10.6. The maximum absolute atomic E-state index is 11.0. The third kappa shape index (κ3) is 4.44. The van der Waals surface area contributed by atoms with Crippen LogP contribution in [0.2, 0.25) is 0 Å². The van der Waals surface area contributed by atoms with Crippen molar-refractivity contribution < 1.29 is 18.3 Å². The van der Waals surface area contributed by atoms with Gasteiger partial charge in [0.2, 0.25) is 0 Å². The molecule has 0 radical (unpaired) electrons. The first-order valence-corrected chi connectivity index (χ1v) is 7.08. The molecule has 0 aromatic heterocycles. The summed E-state index contributed by atoms with van der Waals surface area (Å²) in [6.45, 7) is 0.335. The lowest BCUT2D eigenvalue weighted by Gasteiger charge is -2.18. The second-order valence-corrected chi connectivity index (χ2v) is 6.17. The molecule has 0 aliphatic heterocycles. The highest BCUT2D eigenvalue weighted by Gasteiger charge is 2.08. The van der Waals surface area contributed by atoms with Gasteiger partial charge >= 0.3 is 5.97 Å².